The number of H-pyrrole nitrogens is 1. The van der Waals surface area contributed by atoms with Crippen LogP contribution in [0.3, 0.4) is 0 Å². The van der Waals surface area contributed by atoms with E-state index >= 15 is 0 Å². The van der Waals surface area contributed by atoms with E-state index in [2.05, 4.69) is 25.8 Å². The van der Waals surface area contributed by atoms with Crippen molar-refractivity contribution >= 4 is 10.9 Å². The SMILES string of the molecule is CCC(C)(C)c1c[nH]c2ccc(F)cc12. The highest BCUT2D eigenvalue weighted by molar-refractivity contribution is 5.84. The van der Waals surface area contributed by atoms with Gasteiger partial charge in [-0.15, -0.1) is 0 Å². The Hall–Kier alpha value is -1.31. The van der Waals surface area contributed by atoms with Gasteiger partial charge in [0.2, 0.25) is 0 Å². The lowest BCUT2D eigenvalue weighted by atomic mass is 9.82. The summed E-state index contributed by atoms with van der Waals surface area (Å²) in [6.07, 6.45) is 3.03. The van der Waals surface area contributed by atoms with Crippen LogP contribution >= 0.6 is 0 Å². The molecule has 0 bridgehead atoms. The summed E-state index contributed by atoms with van der Waals surface area (Å²) in [5, 5.41) is 1.00. The van der Waals surface area contributed by atoms with Gasteiger partial charge in [0, 0.05) is 17.1 Å². The van der Waals surface area contributed by atoms with Crippen LogP contribution in [0.1, 0.15) is 32.8 Å². The van der Waals surface area contributed by atoms with Crippen LogP contribution in [0.4, 0.5) is 4.39 Å². The van der Waals surface area contributed by atoms with E-state index in [9.17, 15) is 4.39 Å². The molecule has 0 aliphatic heterocycles. The van der Waals surface area contributed by atoms with Gasteiger partial charge < -0.3 is 4.98 Å². The molecule has 1 aromatic carbocycles. The number of hydrogen-bond acceptors (Lipinski definition) is 0. The van der Waals surface area contributed by atoms with E-state index in [4.69, 9.17) is 0 Å². The van der Waals surface area contributed by atoms with E-state index in [-0.39, 0.29) is 11.2 Å². The van der Waals surface area contributed by atoms with E-state index in [0.29, 0.717) is 0 Å². The smallest absolute Gasteiger partial charge is 0.123 e. The lowest BCUT2D eigenvalue weighted by molar-refractivity contribution is 0.510. The number of rotatable bonds is 2. The number of nitrogens with one attached hydrogen (secondary N) is 1. The third-order valence-corrected chi connectivity index (χ3v) is 3.26. The van der Waals surface area contributed by atoms with Crippen LogP contribution in [0.2, 0.25) is 0 Å². The van der Waals surface area contributed by atoms with Gasteiger partial charge in [0.1, 0.15) is 5.82 Å². The van der Waals surface area contributed by atoms with Crippen LogP contribution in [0.15, 0.2) is 24.4 Å². The van der Waals surface area contributed by atoms with Gasteiger partial charge in [0.25, 0.3) is 0 Å². The first kappa shape index (κ1) is 10.2. The maximum absolute atomic E-state index is 13.2. The average molecular weight is 205 g/mol. The monoisotopic (exact) mass is 205 g/mol. The second-order valence-corrected chi connectivity index (χ2v) is 4.63. The predicted octanol–water partition coefficient (Wildman–Crippen LogP) is 3.99. The Bertz CT molecular complexity index is 482. The Morgan fingerprint density at radius 3 is 2.73 bits per heavy atom. The van der Waals surface area contributed by atoms with Crippen molar-refractivity contribution in [3.8, 4) is 0 Å². The molecule has 0 aliphatic carbocycles. The molecular weight excluding hydrogens is 189 g/mol. The first-order chi connectivity index (χ1) is 7.04. The fourth-order valence-electron chi connectivity index (χ4n) is 1.84. The van der Waals surface area contributed by atoms with Crippen LogP contribution in [0, 0.1) is 5.82 Å². The van der Waals surface area contributed by atoms with Crippen molar-refractivity contribution in [3.05, 3.63) is 35.8 Å². The van der Waals surface area contributed by atoms with Gasteiger partial charge in [-0.2, -0.15) is 0 Å². The summed E-state index contributed by atoms with van der Waals surface area (Å²) in [4.78, 5) is 3.19. The molecule has 0 unspecified atom stereocenters. The van der Waals surface area contributed by atoms with E-state index < -0.39 is 0 Å². The number of aromatic amines is 1. The largest absolute Gasteiger partial charge is 0.361 e. The van der Waals surface area contributed by atoms with Crippen LogP contribution in [0.5, 0.6) is 0 Å². The van der Waals surface area contributed by atoms with Crippen molar-refractivity contribution in [2.75, 3.05) is 0 Å². The summed E-state index contributed by atoms with van der Waals surface area (Å²) >= 11 is 0. The van der Waals surface area contributed by atoms with Crippen LogP contribution in [-0.2, 0) is 5.41 Å². The summed E-state index contributed by atoms with van der Waals surface area (Å²) in [5.74, 6) is -0.171. The van der Waals surface area contributed by atoms with Gasteiger partial charge >= 0.3 is 0 Å². The lowest BCUT2D eigenvalue weighted by Crippen LogP contribution is -2.14. The number of fused-ring (bicyclic) bond motifs is 1. The average Bonchev–Trinajstić information content (AvgIpc) is 2.61. The Labute approximate surface area is 89.3 Å². The molecule has 2 rings (SSSR count). The van der Waals surface area contributed by atoms with E-state index in [1.807, 2.05) is 6.20 Å². The van der Waals surface area contributed by atoms with Gasteiger partial charge in [-0.25, -0.2) is 4.39 Å². The molecule has 80 valence electrons. The second kappa shape index (κ2) is 3.37. The number of hydrogen-bond donors (Lipinski definition) is 1. The van der Waals surface area contributed by atoms with Crippen molar-refractivity contribution in [2.24, 2.45) is 0 Å². The number of benzene rings is 1. The highest BCUT2D eigenvalue weighted by Crippen LogP contribution is 2.32. The summed E-state index contributed by atoms with van der Waals surface area (Å²) < 4.78 is 13.2. The molecule has 0 saturated carbocycles. The highest BCUT2D eigenvalue weighted by Gasteiger charge is 2.21. The molecule has 1 aromatic heterocycles. The van der Waals surface area contributed by atoms with E-state index in [1.165, 1.54) is 11.6 Å². The summed E-state index contributed by atoms with van der Waals surface area (Å²) in [5.41, 5.74) is 2.29. The van der Waals surface area contributed by atoms with Crippen molar-refractivity contribution in [1.29, 1.82) is 0 Å². The van der Waals surface area contributed by atoms with Crippen molar-refractivity contribution in [3.63, 3.8) is 0 Å². The molecule has 1 N–H and O–H groups in total. The minimum absolute atomic E-state index is 0.0893. The lowest BCUT2D eigenvalue weighted by Gasteiger charge is -2.22. The fraction of sp³-hybridized carbons (Fsp3) is 0.385. The van der Waals surface area contributed by atoms with Crippen LogP contribution < -0.4 is 0 Å². The van der Waals surface area contributed by atoms with Crippen molar-refractivity contribution in [2.45, 2.75) is 32.6 Å². The second-order valence-electron chi connectivity index (χ2n) is 4.63. The normalized spacial score (nSPS) is 12.3. The zero-order valence-electron chi connectivity index (χ0n) is 9.39. The Morgan fingerprint density at radius 1 is 1.33 bits per heavy atom. The van der Waals surface area contributed by atoms with E-state index in [0.717, 1.165) is 17.3 Å². The first-order valence-electron chi connectivity index (χ1n) is 5.32. The van der Waals surface area contributed by atoms with Gasteiger partial charge in [-0.05, 0) is 35.6 Å². The first-order valence-corrected chi connectivity index (χ1v) is 5.32. The molecular formula is C13H16FN. The summed E-state index contributed by atoms with van der Waals surface area (Å²) in [7, 11) is 0. The summed E-state index contributed by atoms with van der Waals surface area (Å²) in [6, 6.07) is 4.89. The van der Waals surface area contributed by atoms with Gasteiger partial charge in [0.15, 0.2) is 0 Å². The predicted molar refractivity (Wildman–Crippen MR) is 61.6 cm³/mol. The zero-order chi connectivity index (χ0) is 11.1. The topological polar surface area (TPSA) is 15.8 Å². The maximum Gasteiger partial charge on any atom is 0.123 e. The molecule has 1 heterocycles. The van der Waals surface area contributed by atoms with Gasteiger partial charge in [-0.3, -0.25) is 0 Å². The van der Waals surface area contributed by atoms with Gasteiger partial charge in [-0.1, -0.05) is 20.8 Å². The zero-order valence-corrected chi connectivity index (χ0v) is 9.39. The minimum Gasteiger partial charge on any atom is -0.361 e. The quantitative estimate of drug-likeness (QED) is 0.762. The standard InChI is InChI=1S/C13H16FN/c1-4-13(2,3)11-8-15-12-6-5-9(14)7-10(11)12/h5-8,15H,4H2,1-3H3. The van der Waals surface area contributed by atoms with Crippen molar-refractivity contribution < 1.29 is 4.39 Å². The third-order valence-electron chi connectivity index (χ3n) is 3.26. The molecule has 0 spiro atoms. The molecule has 0 fully saturated rings. The molecule has 2 heteroatoms. The minimum atomic E-state index is -0.171. The maximum atomic E-state index is 13.2. The molecule has 1 nitrogen and oxygen atoms in total. The number of halogens is 1. The molecule has 0 aliphatic rings. The molecule has 2 aromatic rings. The van der Waals surface area contributed by atoms with Crippen LogP contribution in [-0.4, -0.2) is 4.98 Å². The Morgan fingerprint density at radius 2 is 2.07 bits per heavy atom. The Kier molecular flexibility index (Phi) is 2.29. The summed E-state index contributed by atoms with van der Waals surface area (Å²) in [6.45, 7) is 6.51. The fourth-order valence-corrected chi connectivity index (χ4v) is 1.84. The molecule has 15 heavy (non-hydrogen) atoms. The molecule has 0 saturated heterocycles. The highest BCUT2D eigenvalue weighted by atomic mass is 19.1. The number of aromatic nitrogens is 1. The van der Waals surface area contributed by atoms with Crippen LogP contribution in [0.25, 0.3) is 10.9 Å². The molecule has 0 atom stereocenters. The molecule has 0 radical (unpaired) electrons. The van der Waals surface area contributed by atoms with Gasteiger partial charge in [0.05, 0.1) is 0 Å². The van der Waals surface area contributed by atoms with Crippen molar-refractivity contribution in [1.82, 2.24) is 4.98 Å². The van der Waals surface area contributed by atoms with E-state index in [1.54, 1.807) is 12.1 Å². The Balaban J connectivity index is 2.67. The third kappa shape index (κ3) is 1.65. The molecule has 0 amide bonds.